The van der Waals surface area contributed by atoms with Crippen molar-refractivity contribution in [2.24, 2.45) is 0 Å². The van der Waals surface area contributed by atoms with E-state index < -0.39 is 23.7 Å². The largest absolute Gasteiger partial charge is 0.480 e. The van der Waals surface area contributed by atoms with Gasteiger partial charge < -0.3 is 15.2 Å². The first-order chi connectivity index (χ1) is 14.7. The highest BCUT2D eigenvalue weighted by molar-refractivity contribution is 5.73. The first-order valence-electron chi connectivity index (χ1n) is 10.5. The zero-order valence-electron chi connectivity index (χ0n) is 18.5. The molecule has 2 aromatic heterocycles. The first kappa shape index (κ1) is 24.3. The van der Waals surface area contributed by atoms with E-state index in [-0.39, 0.29) is 0 Å². The number of carbonyl (C=O) groups excluding carboxylic acids is 1. The van der Waals surface area contributed by atoms with E-state index >= 15 is 0 Å². The van der Waals surface area contributed by atoms with Crippen molar-refractivity contribution in [2.45, 2.75) is 64.8 Å². The van der Waals surface area contributed by atoms with Crippen LogP contribution in [0.25, 0.3) is 0 Å². The lowest BCUT2D eigenvalue weighted by atomic mass is 10.1. The quantitative estimate of drug-likeness (QED) is 0.527. The summed E-state index contributed by atoms with van der Waals surface area (Å²) < 4.78 is 5.21. The van der Waals surface area contributed by atoms with Gasteiger partial charge in [-0.2, -0.15) is 0 Å². The lowest BCUT2D eigenvalue weighted by Crippen LogP contribution is -2.41. The van der Waals surface area contributed by atoms with Crippen LogP contribution in [0.2, 0.25) is 0 Å². The Hall–Kier alpha value is -3.00. The Labute approximate surface area is 183 Å². The number of ether oxygens (including phenoxy) is 1. The minimum absolute atomic E-state index is 0.407. The number of hydrogen-bond donors (Lipinski definition) is 2. The number of carbonyl (C=O) groups is 2. The van der Waals surface area contributed by atoms with Crippen molar-refractivity contribution in [2.75, 3.05) is 6.54 Å². The fourth-order valence-corrected chi connectivity index (χ4v) is 3.11. The number of nitrogens with one attached hydrogen (secondary N) is 1. The monoisotopic (exact) mass is 428 g/mol. The third-order valence-corrected chi connectivity index (χ3v) is 4.48. The highest BCUT2D eigenvalue weighted by atomic mass is 16.6. The smallest absolute Gasteiger partial charge is 0.407 e. The molecule has 1 atom stereocenters. The van der Waals surface area contributed by atoms with Crippen molar-refractivity contribution in [1.82, 2.24) is 20.2 Å². The van der Waals surface area contributed by atoms with Gasteiger partial charge in [-0.05, 0) is 64.3 Å². The molecule has 0 spiro atoms. The molecule has 0 unspecified atom stereocenters. The SMILES string of the molecule is CC(C)(C)OC(=O)NCCCC[C@H](C(=O)O)N(Cc1ccccn1)Cc1ccccn1. The molecule has 0 aliphatic carbocycles. The molecule has 0 fully saturated rings. The van der Waals surface area contributed by atoms with Crippen LogP contribution in [-0.2, 0) is 22.6 Å². The van der Waals surface area contributed by atoms with Crippen molar-refractivity contribution in [1.29, 1.82) is 0 Å². The van der Waals surface area contributed by atoms with Gasteiger partial charge in [0.15, 0.2) is 0 Å². The number of aliphatic carboxylic acids is 1. The van der Waals surface area contributed by atoms with Crippen LogP contribution in [0.3, 0.4) is 0 Å². The van der Waals surface area contributed by atoms with E-state index in [4.69, 9.17) is 4.74 Å². The molecule has 0 aliphatic heterocycles. The van der Waals surface area contributed by atoms with E-state index in [0.29, 0.717) is 38.9 Å². The third-order valence-electron chi connectivity index (χ3n) is 4.48. The molecule has 0 aliphatic rings. The Balaban J connectivity index is 1.96. The van der Waals surface area contributed by atoms with Gasteiger partial charge in [-0.1, -0.05) is 12.1 Å². The molecule has 168 valence electrons. The van der Waals surface area contributed by atoms with Crippen LogP contribution in [0.15, 0.2) is 48.8 Å². The average Bonchev–Trinajstić information content (AvgIpc) is 2.70. The molecule has 0 bridgehead atoms. The van der Waals surface area contributed by atoms with Crippen LogP contribution in [0.5, 0.6) is 0 Å². The topological polar surface area (TPSA) is 105 Å². The summed E-state index contributed by atoms with van der Waals surface area (Å²) in [5, 5.41) is 12.6. The second kappa shape index (κ2) is 12.0. The Kier molecular flexibility index (Phi) is 9.40. The molecule has 0 aromatic carbocycles. The van der Waals surface area contributed by atoms with Gasteiger partial charge in [0, 0.05) is 32.0 Å². The zero-order valence-corrected chi connectivity index (χ0v) is 18.5. The summed E-state index contributed by atoms with van der Waals surface area (Å²) in [6.07, 6.45) is 4.69. The second-order valence-electron chi connectivity index (χ2n) is 8.33. The molecule has 1 amide bonds. The van der Waals surface area contributed by atoms with Crippen LogP contribution >= 0.6 is 0 Å². The van der Waals surface area contributed by atoms with Crippen LogP contribution in [0.1, 0.15) is 51.4 Å². The van der Waals surface area contributed by atoms with E-state index in [9.17, 15) is 14.7 Å². The number of pyridine rings is 2. The van der Waals surface area contributed by atoms with Gasteiger partial charge in [0.1, 0.15) is 11.6 Å². The zero-order chi connectivity index (χ0) is 22.7. The van der Waals surface area contributed by atoms with E-state index in [1.54, 1.807) is 12.4 Å². The number of amides is 1. The molecule has 31 heavy (non-hydrogen) atoms. The van der Waals surface area contributed by atoms with Crippen molar-refractivity contribution >= 4 is 12.1 Å². The highest BCUT2D eigenvalue weighted by Crippen LogP contribution is 2.16. The number of carboxylic acid groups (broad SMARTS) is 1. The third kappa shape index (κ3) is 9.57. The van der Waals surface area contributed by atoms with Crippen molar-refractivity contribution < 1.29 is 19.4 Å². The molecule has 8 nitrogen and oxygen atoms in total. The van der Waals surface area contributed by atoms with E-state index in [1.807, 2.05) is 62.1 Å². The molecule has 2 N–H and O–H groups in total. The Morgan fingerprint density at radius 2 is 1.61 bits per heavy atom. The van der Waals surface area contributed by atoms with E-state index in [1.165, 1.54) is 0 Å². The van der Waals surface area contributed by atoms with E-state index in [0.717, 1.165) is 11.4 Å². The average molecular weight is 429 g/mol. The number of rotatable bonds is 11. The Morgan fingerprint density at radius 3 is 2.06 bits per heavy atom. The van der Waals surface area contributed by atoms with Crippen molar-refractivity contribution in [3.8, 4) is 0 Å². The van der Waals surface area contributed by atoms with E-state index in [2.05, 4.69) is 15.3 Å². The maximum atomic E-state index is 12.1. The molecule has 2 rings (SSSR count). The van der Waals surface area contributed by atoms with Gasteiger partial charge in [-0.15, -0.1) is 0 Å². The predicted molar refractivity (Wildman–Crippen MR) is 117 cm³/mol. The Bertz CT molecular complexity index is 768. The molecular weight excluding hydrogens is 396 g/mol. The fourth-order valence-electron chi connectivity index (χ4n) is 3.11. The maximum Gasteiger partial charge on any atom is 0.407 e. The molecule has 0 saturated carbocycles. The summed E-state index contributed by atoms with van der Waals surface area (Å²) in [5.74, 6) is -0.882. The van der Waals surface area contributed by atoms with Crippen LogP contribution in [0, 0.1) is 0 Å². The fraction of sp³-hybridized carbons (Fsp3) is 0.478. The van der Waals surface area contributed by atoms with Crippen LogP contribution in [0.4, 0.5) is 4.79 Å². The minimum Gasteiger partial charge on any atom is -0.480 e. The molecule has 0 saturated heterocycles. The number of nitrogens with zero attached hydrogens (tertiary/aromatic N) is 3. The number of unbranched alkanes of at least 4 members (excludes halogenated alkanes) is 1. The van der Waals surface area contributed by atoms with Crippen molar-refractivity contribution in [3.05, 3.63) is 60.2 Å². The van der Waals surface area contributed by atoms with Gasteiger partial charge >= 0.3 is 12.1 Å². The summed E-state index contributed by atoms with van der Waals surface area (Å²) in [6, 6.07) is 10.5. The van der Waals surface area contributed by atoms with Gasteiger partial charge in [0.25, 0.3) is 0 Å². The number of hydrogen-bond acceptors (Lipinski definition) is 6. The molecule has 8 heteroatoms. The first-order valence-corrected chi connectivity index (χ1v) is 10.5. The predicted octanol–water partition coefficient (Wildman–Crippen LogP) is 3.63. The summed E-state index contributed by atoms with van der Waals surface area (Å²) in [4.78, 5) is 34.4. The Morgan fingerprint density at radius 1 is 1.03 bits per heavy atom. The van der Waals surface area contributed by atoms with Gasteiger partial charge in [0.2, 0.25) is 0 Å². The van der Waals surface area contributed by atoms with Gasteiger partial charge in [0.05, 0.1) is 11.4 Å². The van der Waals surface area contributed by atoms with Crippen molar-refractivity contribution in [3.63, 3.8) is 0 Å². The van der Waals surface area contributed by atoms with Crippen LogP contribution in [-0.4, -0.2) is 50.2 Å². The number of aromatic nitrogens is 2. The van der Waals surface area contributed by atoms with Gasteiger partial charge in [-0.25, -0.2) is 4.79 Å². The summed E-state index contributed by atoms with van der Waals surface area (Å²) in [5.41, 5.74) is 1.06. The molecule has 0 radical (unpaired) electrons. The maximum absolute atomic E-state index is 12.1. The standard InChI is InChI=1S/C23H32N4O4/c1-23(2,3)31-22(30)26-15-9-6-12-20(21(28)29)27(16-18-10-4-7-13-24-18)17-19-11-5-8-14-25-19/h4-5,7-8,10-11,13-14,20H,6,9,12,15-17H2,1-3H3,(H,26,30)(H,28,29)/t20-/m1/s1. The number of carboxylic acids is 1. The summed E-state index contributed by atoms with van der Waals surface area (Å²) >= 11 is 0. The molecule has 2 aromatic rings. The second-order valence-corrected chi connectivity index (χ2v) is 8.33. The highest BCUT2D eigenvalue weighted by Gasteiger charge is 2.26. The minimum atomic E-state index is -0.882. The summed E-state index contributed by atoms with van der Waals surface area (Å²) in [6.45, 7) is 6.67. The van der Waals surface area contributed by atoms with Gasteiger partial charge in [-0.3, -0.25) is 19.7 Å². The van der Waals surface area contributed by atoms with Crippen LogP contribution < -0.4 is 5.32 Å². The lowest BCUT2D eigenvalue weighted by Gasteiger charge is -2.28. The lowest BCUT2D eigenvalue weighted by molar-refractivity contribution is -0.144. The number of alkyl carbamates (subject to hydrolysis) is 1. The summed E-state index contributed by atoms with van der Waals surface area (Å²) in [7, 11) is 0. The normalized spacial score (nSPS) is 12.4. The molecular formula is C23H32N4O4. The molecule has 2 heterocycles.